The van der Waals surface area contributed by atoms with Crippen molar-refractivity contribution in [1.29, 1.82) is 0 Å². The Morgan fingerprint density at radius 1 is 1.65 bits per heavy atom. The molecule has 1 heterocycles. The van der Waals surface area contributed by atoms with Crippen LogP contribution in [0.25, 0.3) is 0 Å². The highest BCUT2D eigenvalue weighted by atomic mass is 35.5. The van der Waals surface area contributed by atoms with Crippen LogP contribution in [0.5, 0.6) is 0 Å². The van der Waals surface area contributed by atoms with Crippen LogP contribution in [0, 0.1) is 0 Å². The largest absolute Gasteiger partial charge is 0.311 e. The highest BCUT2D eigenvalue weighted by Gasteiger charge is 2.17. The van der Waals surface area contributed by atoms with Crippen LogP contribution in [0.2, 0.25) is 5.02 Å². The normalized spacial score (nSPS) is 13.0. The Bertz CT molecular complexity index is 359. The number of aromatic nitrogens is 2. The van der Waals surface area contributed by atoms with Gasteiger partial charge in [0.1, 0.15) is 0 Å². The van der Waals surface area contributed by atoms with E-state index >= 15 is 0 Å². The van der Waals surface area contributed by atoms with Crippen LogP contribution in [0.15, 0.2) is 18.9 Å². The average molecular weight is 257 g/mol. The third-order valence-corrected chi connectivity index (χ3v) is 2.96. The van der Waals surface area contributed by atoms with Crippen LogP contribution in [0.4, 0.5) is 0 Å². The lowest BCUT2D eigenvalue weighted by Crippen LogP contribution is -2.24. The summed E-state index contributed by atoms with van der Waals surface area (Å²) in [6.07, 6.45) is 4.44. The van der Waals surface area contributed by atoms with Crippen LogP contribution < -0.4 is 5.32 Å². The minimum Gasteiger partial charge on any atom is -0.311 e. The van der Waals surface area contributed by atoms with Crippen molar-refractivity contribution in [2.75, 3.05) is 27.7 Å². The second-order valence-electron chi connectivity index (χ2n) is 4.27. The molecule has 0 bridgehead atoms. The highest BCUT2D eigenvalue weighted by molar-refractivity contribution is 6.31. The number of nitrogens with zero attached hydrogens (tertiary/aromatic N) is 3. The lowest BCUT2D eigenvalue weighted by molar-refractivity contribution is 0.364. The molecule has 0 aliphatic rings. The van der Waals surface area contributed by atoms with Gasteiger partial charge in [-0.1, -0.05) is 17.7 Å². The van der Waals surface area contributed by atoms with Crippen molar-refractivity contribution in [2.24, 2.45) is 0 Å². The molecule has 1 atom stereocenters. The molecule has 1 N–H and O–H groups in total. The number of rotatable bonds is 7. The Labute approximate surface area is 108 Å². The Kier molecular flexibility index (Phi) is 5.68. The molecule has 0 spiro atoms. The molecule has 4 nitrogen and oxygen atoms in total. The molecule has 0 fully saturated rings. The van der Waals surface area contributed by atoms with E-state index in [4.69, 9.17) is 11.6 Å². The summed E-state index contributed by atoms with van der Waals surface area (Å²) >= 11 is 6.20. The molecule has 1 rings (SSSR count). The fraction of sp³-hybridized carbons (Fsp3) is 0.583. The molecular formula is C12H21ClN4. The number of nitrogens with one attached hydrogen (secondary N) is 1. The summed E-state index contributed by atoms with van der Waals surface area (Å²) in [5, 5.41) is 8.28. The van der Waals surface area contributed by atoms with E-state index in [1.54, 1.807) is 6.20 Å². The maximum Gasteiger partial charge on any atom is 0.0834 e. The van der Waals surface area contributed by atoms with E-state index in [1.807, 2.05) is 31.9 Å². The van der Waals surface area contributed by atoms with Gasteiger partial charge in [-0.15, -0.1) is 6.58 Å². The maximum atomic E-state index is 6.20. The van der Waals surface area contributed by atoms with E-state index in [9.17, 15) is 0 Å². The molecule has 1 unspecified atom stereocenters. The molecule has 0 aliphatic heterocycles. The monoisotopic (exact) mass is 256 g/mol. The van der Waals surface area contributed by atoms with Gasteiger partial charge < -0.3 is 10.2 Å². The third kappa shape index (κ3) is 3.84. The molecule has 0 radical (unpaired) electrons. The van der Waals surface area contributed by atoms with Gasteiger partial charge >= 0.3 is 0 Å². The first kappa shape index (κ1) is 14.2. The van der Waals surface area contributed by atoms with Gasteiger partial charge in [-0.05, 0) is 27.6 Å². The minimum atomic E-state index is 0.171. The molecule has 1 aromatic rings. The quantitative estimate of drug-likeness (QED) is 0.757. The Morgan fingerprint density at radius 3 is 2.88 bits per heavy atom. The summed E-state index contributed by atoms with van der Waals surface area (Å²) in [7, 11) is 6.02. The van der Waals surface area contributed by atoms with Crippen molar-refractivity contribution in [3.05, 3.63) is 29.6 Å². The van der Waals surface area contributed by atoms with Crippen molar-refractivity contribution in [3.63, 3.8) is 0 Å². The van der Waals surface area contributed by atoms with Gasteiger partial charge in [0, 0.05) is 6.54 Å². The third-order valence-electron chi connectivity index (χ3n) is 2.67. The molecule has 5 heteroatoms. The molecule has 0 aromatic carbocycles. The summed E-state index contributed by atoms with van der Waals surface area (Å²) in [6.45, 7) is 5.55. The Hall–Kier alpha value is -0.840. The van der Waals surface area contributed by atoms with Gasteiger partial charge in [0.05, 0.1) is 29.5 Å². The average Bonchev–Trinajstić information content (AvgIpc) is 2.65. The molecule has 0 amide bonds. The van der Waals surface area contributed by atoms with Crippen molar-refractivity contribution < 1.29 is 0 Å². The predicted molar refractivity (Wildman–Crippen MR) is 72.4 cm³/mol. The maximum absolute atomic E-state index is 6.20. The fourth-order valence-electron chi connectivity index (χ4n) is 1.72. The molecule has 0 saturated heterocycles. The predicted octanol–water partition coefficient (Wildman–Crippen LogP) is 1.93. The smallest absolute Gasteiger partial charge is 0.0834 e. The zero-order chi connectivity index (χ0) is 12.8. The van der Waals surface area contributed by atoms with Crippen molar-refractivity contribution >= 4 is 11.6 Å². The minimum absolute atomic E-state index is 0.171. The number of likely N-dealkylation sites (N-methyl/N-ethyl adjacent to an activating group) is 1. The van der Waals surface area contributed by atoms with Crippen molar-refractivity contribution in [2.45, 2.75) is 19.0 Å². The van der Waals surface area contributed by atoms with Crippen LogP contribution in [-0.4, -0.2) is 42.4 Å². The fourth-order valence-corrected chi connectivity index (χ4v) is 2.00. The molecule has 96 valence electrons. The van der Waals surface area contributed by atoms with E-state index in [1.165, 1.54) is 0 Å². The molecule has 0 aliphatic carbocycles. The van der Waals surface area contributed by atoms with Crippen LogP contribution >= 0.6 is 11.6 Å². The van der Waals surface area contributed by atoms with E-state index in [0.717, 1.165) is 25.2 Å². The number of halogens is 1. The molecular weight excluding hydrogens is 236 g/mol. The second-order valence-corrected chi connectivity index (χ2v) is 4.68. The summed E-state index contributed by atoms with van der Waals surface area (Å²) in [5.41, 5.74) is 1.04. The number of hydrogen-bond donors (Lipinski definition) is 1. The van der Waals surface area contributed by atoms with Crippen molar-refractivity contribution in [3.8, 4) is 0 Å². The van der Waals surface area contributed by atoms with Gasteiger partial charge in [-0.25, -0.2) is 0 Å². The van der Waals surface area contributed by atoms with Gasteiger partial charge in [0.2, 0.25) is 0 Å². The first-order chi connectivity index (χ1) is 8.10. The number of hydrogen-bond acceptors (Lipinski definition) is 3. The first-order valence-corrected chi connectivity index (χ1v) is 6.12. The van der Waals surface area contributed by atoms with Crippen LogP contribution in [0.1, 0.15) is 18.2 Å². The van der Waals surface area contributed by atoms with E-state index in [0.29, 0.717) is 5.02 Å². The van der Waals surface area contributed by atoms with Crippen LogP contribution in [0.3, 0.4) is 0 Å². The molecule has 1 aromatic heterocycles. The van der Waals surface area contributed by atoms with E-state index in [2.05, 4.69) is 21.9 Å². The standard InChI is InChI=1S/C12H21ClN4/c1-5-6-11(14-2)12-10(13)9-15-17(12)8-7-16(3)4/h5,9,11,14H,1,6-8H2,2-4H3. The highest BCUT2D eigenvalue weighted by Crippen LogP contribution is 2.25. The summed E-state index contributed by atoms with van der Waals surface area (Å²) in [4.78, 5) is 2.13. The van der Waals surface area contributed by atoms with Gasteiger partial charge in [0.25, 0.3) is 0 Å². The molecule has 17 heavy (non-hydrogen) atoms. The lowest BCUT2D eigenvalue weighted by atomic mass is 10.1. The topological polar surface area (TPSA) is 33.1 Å². The van der Waals surface area contributed by atoms with Crippen molar-refractivity contribution in [1.82, 2.24) is 20.0 Å². The Balaban J connectivity index is 2.87. The summed E-state index contributed by atoms with van der Waals surface area (Å²) in [6, 6.07) is 0.171. The first-order valence-electron chi connectivity index (χ1n) is 5.74. The van der Waals surface area contributed by atoms with Crippen LogP contribution in [-0.2, 0) is 6.54 Å². The zero-order valence-electron chi connectivity index (χ0n) is 10.8. The SMILES string of the molecule is C=CCC(NC)c1c(Cl)cnn1CCN(C)C. The lowest BCUT2D eigenvalue weighted by Gasteiger charge is -2.18. The summed E-state index contributed by atoms with van der Waals surface area (Å²) in [5.74, 6) is 0. The van der Waals surface area contributed by atoms with E-state index < -0.39 is 0 Å². The van der Waals surface area contributed by atoms with Gasteiger partial charge in [0.15, 0.2) is 0 Å². The van der Waals surface area contributed by atoms with Gasteiger partial charge in [-0.2, -0.15) is 5.10 Å². The van der Waals surface area contributed by atoms with Gasteiger partial charge in [-0.3, -0.25) is 4.68 Å². The Morgan fingerprint density at radius 2 is 2.35 bits per heavy atom. The summed E-state index contributed by atoms with van der Waals surface area (Å²) < 4.78 is 1.97. The zero-order valence-corrected chi connectivity index (χ0v) is 11.5. The molecule has 0 saturated carbocycles. The second kappa shape index (κ2) is 6.79. The van der Waals surface area contributed by atoms with E-state index in [-0.39, 0.29) is 6.04 Å².